The van der Waals surface area contributed by atoms with Crippen LogP contribution in [-0.2, 0) is 0 Å². The number of rotatable bonds is 4. The van der Waals surface area contributed by atoms with Crippen molar-refractivity contribution >= 4 is 5.82 Å². The average molecular weight is 246 g/mol. The molecule has 0 amide bonds. The quantitative estimate of drug-likeness (QED) is 0.898. The first-order chi connectivity index (χ1) is 8.63. The monoisotopic (exact) mass is 246 g/mol. The fourth-order valence-electron chi connectivity index (χ4n) is 1.79. The molecule has 2 aromatic heterocycles. The zero-order valence-electron chi connectivity index (χ0n) is 11.2. The van der Waals surface area contributed by atoms with Crippen LogP contribution in [0.25, 0.3) is 11.4 Å². The maximum Gasteiger partial charge on any atom is 0.167 e. The minimum atomic E-state index is 0.662. The van der Waals surface area contributed by atoms with Gasteiger partial charge in [0, 0.05) is 18.3 Å². The normalized spacial score (nSPS) is 10.7. The van der Waals surface area contributed by atoms with Crippen molar-refractivity contribution in [2.24, 2.45) is 0 Å². The van der Waals surface area contributed by atoms with Crippen molar-refractivity contribution in [3.05, 3.63) is 23.2 Å². The number of nitrogens with zero attached hydrogens (tertiary/aromatic N) is 3. The Hall–Kier alpha value is -1.91. The largest absolute Gasteiger partial charge is 0.370 e. The lowest BCUT2D eigenvalue weighted by atomic mass is 10.2. The molecule has 0 unspecified atom stereocenters. The number of nitrogens with one attached hydrogen (secondary N) is 1. The highest BCUT2D eigenvalue weighted by atomic mass is 16.5. The zero-order chi connectivity index (χ0) is 13.1. The van der Waals surface area contributed by atoms with E-state index in [1.165, 1.54) is 0 Å². The highest BCUT2D eigenvalue weighted by molar-refractivity contribution is 5.62. The SMILES string of the molecule is CCCNc1nc(-c2c(C)noc2C)ncc1C. The van der Waals surface area contributed by atoms with Gasteiger partial charge in [0.15, 0.2) is 5.82 Å². The van der Waals surface area contributed by atoms with Crippen LogP contribution < -0.4 is 5.32 Å². The Morgan fingerprint density at radius 1 is 1.28 bits per heavy atom. The molecule has 0 radical (unpaired) electrons. The van der Waals surface area contributed by atoms with Crippen LogP contribution in [0.4, 0.5) is 5.82 Å². The van der Waals surface area contributed by atoms with E-state index in [-0.39, 0.29) is 0 Å². The van der Waals surface area contributed by atoms with Crippen LogP contribution in [0.1, 0.15) is 30.4 Å². The van der Waals surface area contributed by atoms with Crippen LogP contribution in [0.5, 0.6) is 0 Å². The van der Waals surface area contributed by atoms with Gasteiger partial charge in [0.2, 0.25) is 0 Å². The van der Waals surface area contributed by atoms with Gasteiger partial charge in [0.1, 0.15) is 11.6 Å². The lowest BCUT2D eigenvalue weighted by Crippen LogP contribution is -2.05. The van der Waals surface area contributed by atoms with Crippen molar-refractivity contribution in [2.45, 2.75) is 34.1 Å². The van der Waals surface area contributed by atoms with E-state index in [1.54, 1.807) is 0 Å². The van der Waals surface area contributed by atoms with Gasteiger partial charge < -0.3 is 9.84 Å². The van der Waals surface area contributed by atoms with Crippen LogP contribution in [-0.4, -0.2) is 21.7 Å². The molecule has 2 aromatic rings. The maximum atomic E-state index is 5.15. The molecular weight excluding hydrogens is 228 g/mol. The molecule has 18 heavy (non-hydrogen) atoms. The molecule has 96 valence electrons. The molecular formula is C13H18N4O. The van der Waals surface area contributed by atoms with Gasteiger partial charge in [-0.25, -0.2) is 9.97 Å². The second kappa shape index (κ2) is 5.16. The molecule has 2 heterocycles. The topological polar surface area (TPSA) is 63.8 Å². The van der Waals surface area contributed by atoms with Gasteiger partial charge in [-0.2, -0.15) is 0 Å². The Labute approximate surface area is 107 Å². The first-order valence-electron chi connectivity index (χ1n) is 6.14. The van der Waals surface area contributed by atoms with Crippen molar-refractivity contribution in [2.75, 3.05) is 11.9 Å². The van der Waals surface area contributed by atoms with Crippen LogP contribution in [0.3, 0.4) is 0 Å². The molecule has 5 heteroatoms. The van der Waals surface area contributed by atoms with E-state index in [0.717, 1.165) is 41.4 Å². The van der Waals surface area contributed by atoms with Crippen molar-refractivity contribution in [3.8, 4) is 11.4 Å². The van der Waals surface area contributed by atoms with Crippen LogP contribution in [0.2, 0.25) is 0 Å². The predicted molar refractivity (Wildman–Crippen MR) is 70.5 cm³/mol. The minimum absolute atomic E-state index is 0.662. The van der Waals surface area contributed by atoms with Crippen LogP contribution in [0.15, 0.2) is 10.7 Å². The Morgan fingerprint density at radius 3 is 2.67 bits per heavy atom. The molecule has 0 aliphatic heterocycles. The molecule has 2 rings (SSSR count). The summed E-state index contributed by atoms with van der Waals surface area (Å²) in [6, 6.07) is 0. The van der Waals surface area contributed by atoms with Crippen molar-refractivity contribution in [3.63, 3.8) is 0 Å². The van der Waals surface area contributed by atoms with Crippen molar-refractivity contribution in [1.82, 2.24) is 15.1 Å². The fraction of sp³-hybridized carbons (Fsp3) is 0.462. The molecule has 0 atom stereocenters. The van der Waals surface area contributed by atoms with E-state index >= 15 is 0 Å². The lowest BCUT2D eigenvalue weighted by Gasteiger charge is -2.08. The molecule has 0 saturated carbocycles. The molecule has 0 spiro atoms. The molecule has 5 nitrogen and oxygen atoms in total. The van der Waals surface area contributed by atoms with Gasteiger partial charge in [0.25, 0.3) is 0 Å². The average Bonchev–Trinajstić information content (AvgIpc) is 2.68. The van der Waals surface area contributed by atoms with Crippen molar-refractivity contribution < 1.29 is 4.52 Å². The van der Waals surface area contributed by atoms with Gasteiger partial charge in [-0.05, 0) is 27.2 Å². The summed E-state index contributed by atoms with van der Waals surface area (Å²) < 4.78 is 5.15. The summed E-state index contributed by atoms with van der Waals surface area (Å²) in [5.41, 5.74) is 2.74. The van der Waals surface area contributed by atoms with E-state index < -0.39 is 0 Å². The number of aryl methyl sites for hydroxylation is 3. The molecule has 0 aliphatic rings. The molecule has 0 aliphatic carbocycles. The van der Waals surface area contributed by atoms with Gasteiger partial charge in [-0.1, -0.05) is 12.1 Å². The Kier molecular flexibility index (Phi) is 3.60. The van der Waals surface area contributed by atoms with Crippen molar-refractivity contribution in [1.29, 1.82) is 0 Å². The molecule has 0 bridgehead atoms. The number of hydrogen-bond acceptors (Lipinski definition) is 5. The van der Waals surface area contributed by atoms with E-state index in [4.69, 9.17) is 4.52 Å². The van der Waals surface area contributed by atoms with E-state index in [0.29, 0.717) is 5.82 Å². The second-order valence-corrected chi connectivity index (χ2v) is 4.35. The summed E-state index contributed by atoms with van der Waals surface area (Å²) in [4.78, 5) is 8.91. The third kappa shape index (κ3) is 2.34. The molecule has 1 N–H and O–H groups in total. The van der Waals surface area contributed by atoms with Crippen LogP contribution >= 0.6 is 0 Å². The third-order valence-electron chi connectivity index (χ3n) is 2.77. The highest BCUT2D eigenvalue weighted by Gasteiger charge is 2.15. The highest BCUT2D eigenvalue weighted by Crippen LogP contribution is 2.25. The van der Waals surface area contributed by atoms with E-state index in [1.807, 2.05) is 27.0 Å². The third-order valence-corrected chi connectivity index (χ3v) is 2.77. The number of hydrogen-bond donors (Lipinski definition) is 1. The smallest absolute Gasteiger partial charge is 0.167 e. The summed E-state index contributed by atoms with van der Waals surface area (Å²) in [7, 11) is 0. The first kappa shape index (κ1) is 12.5. The van der Waals surface area contributed by atoms with E-state index in [2.05, 4.69) is 27.4 Å². The minimum Gasteiger partial charge on any atom is -0.370 e. The predicted octanol–water partition coefficient (Wildman–Crippen LogP) is 2.88. The van der Waals surface area contributed by atoms with Gasteiger partial charge in [-0.15, -0.1) is 0 Å². The van der Waals surface area contributed by atoms with Gasteiger partial charge in [0.05, 0.1) is 11.3 Å². The van der Waals surface area contributed by atoms with Gasteiger partial charge >= 0.3 is 0 Å². The molecule has 0 saturated heterocycles. The summed E-state index contributed by atoms with van der Waals surface area (Å²) >= 11 is 0. The fourth-order valence-corrected chi connectivity index (χ4v) is 1.79. The number of anilines is 1. The van der Waals surface area contributed by atoms with Crippen LogP contribution in [0, 0.1) is 20.8 Å². The summed E-state index contributed by atoms with van der Waals surface area (Å²) in [6.07, 6.45) is 2.89. The summed E-state index contributed by atoms with van der Waals surface area (Å²) in [6.45, 7) is 8.79. The first-order valence-corrected chi connectivity index (χ1v) is 6.14. The molecule has 0 fully saturated rings. The Balaban J connectivity index is 2.40. The summed E-state index contributed by atoms with van der Waals surface area (Å²) in [5, 5.41) is 7.23. The maximum absolute atomic E-state index is 5.15. The number of aromatic nitrogens is 3. The zero-order valence-corrected chi connectivity index (χ0v) is 11.2. The second-order valence-electron chi connectivity index (χ2n) is 4.35. The molecule has 0 aromatic carbocycles. The summed E-state index contributed by atoms with van der Waals surface area (Å²) in [5.74, 6) is 2.29. The lowest BCUT2D eigenvalue weighted by molar-refractivity contribution is 0.393. The Morgan fingerprint density at radius 2 is 2.06 bits per heavy atom. The Bertz CT molecular complexity index is 528. The van der Waals surface area contributed by atoms with E-state index in [9.17, 15) is 0 Å². The standard InChI is InChI=1S/C13H18N4O/c1-5-6-14-12-8(2)7-15-13(16-12)11-9(3)17-18-10(11)4/h7H,5-6H2,1-4H3,(H,14,15,16). The van der Waals surface area contributed by atoms with Gasteiger partial charge in [-0.3, -0.25) is 0 Å².